The molecule has 3 aromatic rings. The van der Waals surface area contributed by atoms with Crippen molar-refractivity contribution < 1.29 is 22.7 Å². The molecule has 0 saturated heterocycles. The van der Waals surface area contributed by atoms with Gasteiger partial charge in [-0.25, -0.2) is 8.42 Å². The van der Waals surface area contributed by atoms with Crippen LogP contribution in [-0.4, -0.2) is 56.6 Å². The largest absolute Gasteiger partial charge is 0.494 e. The zero-order valence-electron chi connectivity index (χ0n) is 26.0. The molecule has 10 heteroatoms. The van der Waals surface area contributed by atoms with E-state index in [1.165, 1.54) is 16.7 Å². The first-order valence-corrected chi connectivity index (χ1v) is 17.8. The highest BCUT2D eigenvalue weighted by Crippen LogP contribution is 2.28. The number of carbonyl (C=O) groups is 2. The molecule has 2 amide bonds. The molecular formula is C34H43N3O5S2. The number of amides is 2. The molecule has 8 nitrogen and oxygen atoms in total. The van der Waals surface area contributed by atoms with Crippen molar-refractivity contribution in [1.29, 1.82) is 0 Å². The fourth-order valence-corrected chi connectivity index (χ4v) is 7.26. The predicted molar refractivity (Wildman–Crippen MR) is 177 cm³/mol. The van der Waals surface area contributed by atoms with Gasteiger partial charge in [-0.1, -0.05) is 49.1 Å². The molecule has 0 aliphatic heterocycles. The van der Waals surface area contributed by atoms with Crippen LogP contribution in [0.3, 0.4) is 0 Å². The van der Waals surface area contributed by atoms with E-state index < -0.39 is 28.5 Å². The van der Waals surface area contributed by atoms with Crippen molar-refractivity contribution in [1.82, 2.24) is 10.2 Å². The van der Waals surface area contributed by atoms with E-state index in [4.69, 9.17) is 4.74 Å². The van der Waals surface area contributed by atoms with E-state index in [1.54, 1.807) is 55.5 Å². The summed E-state index contributed by atoms with van der Waals surface area (Å²) >= 11 is 1.51. The number of ether oxygens (including phenoxy) is 1. The zero-order valence-corrected chi connectivity index (χ0v) is 27.6. The van der Waals surface area contributed by atoms with Gasteiger partial charge in [-0.05, 0) is 94.0 Å². The van der Waals surface area contributed by atoms with Crippen LogP contribution in [0.15, 0.2) is 82.6 Å². The minimum atomic E-state index is -4.15. The molecule has 44 heavy (non-hydrogen) atoms. The number of nitrogens with zero attached hydrogens (tertiary/aromatic N) is 2. The summed E-state index contributed by atoms with van der Waals surface area (Å²) in [6.45, 7) is 5.71. The van der Waals surface area contributed by atoms with Crippen LogP contribution in [-0.2, 0) is 26.2 Å². The molecule has 236 valence electrons. The standard InChI is InChI=1S/C34H43N3O5S2/c1-5-42-30-16-14-29(15-17-30)37(44(40,41)32-20-18-31(43-4)19-21-32)24-33(38)36(23-27-11-9-10-25(2)22-27)26(3)34(39)35-28-12-7-6-8-13-28/h9-11,14-22,26,28H,5-8,12-13,23-24H2,1-4H3,(H,35,39)/t26-/m1/s1. The second-order valence-corrected chi connectivity index (χ2v) is 13.9. The lowest BCUT2D eigenvalue weighted by Gasteiger charge is -2.33. The average Bonchev–Trinajstić information content (AvgIpc) is 3.03. The molecule has 1 saturated carbocycles. The summed E-state index contributed by atoms with van der Waals surface area (Å²) in [5.41, 5.74) is 2.21. The molecule has 3 aromatic carbocycles. The number of hydrogen-bond donors (Lipinski definition) is 1. The maximum Gasteiger partial charge on any atom is 0.264 e. The van der Waals surface area contributed by atoms with Gasteiger partial charge < -0.3 is 15.0 Å². The van der Waals surface area contributed by atoms with E-state index in [2.05, 4.69) is 5.32 Å². The van der Waals surface area contributed by atoms with Crippen LogP contribution < -0.4 is 14.4 Å². The molecule has 0 heterocycles. The third-order valence-electron chi connectivity index (χ3n) is 7.92. The highest BCUT2D eigenvalue weighted by atomic mass is 32.2. The maximum absolute atomic E-state index is 14.2. The summed E-state index contributed by atoms with van der Waals surface area (Å²) in [7, 11) is -4.15. The van der Waals surface area contributed by atoms with E-state index in [-0.39, 0.29) is 23.4 Å². The molecule has 1 aliphatic carbocycles. The monoisotopic (exact) mass is 637 g/mol. The number of anilines is 1. The normalized spacial score (nSPS) is 14.5. The SMILES string of the molecule is CCOc1ccc(N(CC(=O)N(Cc2cccc(C)c2)[C@H](C)C(=O)NC2CCCCC2)S(=O)(=O)c2ccc(SC)cc2)cc1. The van der Waals surface area contributed by atoms with Gasteiger partial charge in [0, 0.05) is 17.5 Å². The molecular weight excluding hydrogens is 595 g/mol. The maximum atomic E-state index is 14.2. The van der Waals surface area contributed by atoms with E-state index in [1.807, 2.05) is 44.4 Å². The lowest BCUT2D eigenvalue weighted by atomic mass is 9.95. The topological polar surface area (TPSA) is 96.0 Å². The first-order chi connectivity index (χ1) is 21.1. The molecule has 1 fully saturated rings. The predicted octanol–water partition coefficient (Wildman–Crippen LogP) is 6.18. The number of thioether (sulfide) groups is 1. The first kappa shape index (κ1) is 33.4. The van der Waals surface area contributed by atoms with Crippen molar-refractivity contribution in [2.45, 2.75) is 81.3 Å². The summed E-state index contributed by atoms with van der Waals surface area (Å²) in [4.78, 5) is 30.2. The first-order valence-electron chi connectivity index (χ1n) is 15.2. The average molecular weight is 638 g/mol. The fraction of sp³-hybridized carbons (Fsp3) is 0.412. The molecule has 0 spiro atoms. The van der Waals surface area contributed by atoms with Gasteiger partial charge in [0.05, 0.1) is 17.2 Å². The number of hydrogen-bond acceptors (Lipinski definition) is 6. The van der Waals surface area contributed by atoms with Crippen molar-refractivity contribution in [3.8, 4) is 5.75 Å². The molecule has 1 aliphatic rings. The minimum Gasteiger partial charge on any atom is -0.494 e. The van der Waals surface area contributed by atoms with Crippen LogP contribution in [0.1, 0.15) is 57.1 Å². The Hall–Kier alpha value is -3.50. The molecule has 0 unspecified atom stereocenters. The van der Waals surface area contributed by atoms with Crippen LogP contribution in [0.5, 0.6) is 5.75 Å². The van der Waals surface area contributed by atoms with Gasteiger partial charge in [-0.15, -0.1) is 11.8 Å². The summed E-state index contributed by atoms with van der Waals surface area (Å²) in [6.07, 6.45) is 7.06. The Morgan fingerprint density at radius 2 is 1.68 bits per heavy atom. The van der Waals surface area contributed by atoms with Gasteiger partial charge in [0.1, 0.15) is 18.3 Å². The smallest absolute Gasteiger partial charge is 0.264 e. The fourth-order valence-electron chi connectivity index (χ4n) is 5.44. The van der Waals surface area contributed by atoms with Crippen molar-refractivity contribution in [2.24, 2.45) is 0 Å². The molecule has 0 bridgehead atoms. The Bertz CT molecular complexity index is 1500. The molecule has 0 aromatic heterocycles. The summed E-state index contributed by atoms with van der Waals surface area (Å²) < 4.78 is 34.9. The lowest BCUT2D eigenvalue weighted by Crippen LogP contribution is -2.53. The number of sulfonamides is 1. The van der Waals surface area contributed by atoms with Crippen LogP contribution in [0.4, 0.5) is 5.69 Å². The van der Waals surface area contributed by atoms with E-state index in [0.717, 1.165) is 52.4 Å². The third kappa shape index (κ3) is 8.57. The third-order valence-corrected chi connectivity index (χ3v) is 10.4. The highest BCUT2D eigenvalue weighted by molar-refractivity contribution is 7.98. The van der Waals surface area contributed by atoms with Gasteiger partial charge >= 0.3 is 0 Å². The van der Waals surface area contributed by atoms with E-state index >= 15 is 0 Å². The Labute approximate surface area is 266 Å². The van der Waals surface area contributed by atoms with Crippen LogP contribution in [0.25, 0.3) is 0 Å². The minimum absolute atomic E-state index is 0.0744. The highest BCUT2D eigenvalue weighted by Gasteiger charge is 2.33. The quantitative estimate of drug-likeness (QED) is 0.225. The van der Waals surface area contributed by atoms with Gasteiger partial charge in [0.2, 0.25) is 11.8 Å². The Morgan fingerprint density at radius 3 is 2.30 bits per heavy atom. The van der Waals surface area contributed by atoms with E-state index in [0.29, 0.717) is 18.0 Å². The van der Waals surface area contributed by atoms with Gasteiger partial charge in [-0.2, -0.15) is 0 Å². The van der Waals surface area contributed by atoms with Crippen molar-refractivity contribution in [3.63, 3.8) is 0 Å². The number of benzene rings is 3. The molecule has 4 rings (SSSR count). The molecule has 1 N–H and O–H groups in total. The van der Waals surface area contributed by atoms with Crippen molar-refractivity contribution in [2.75, 3.05) is 23.7 Å². The van der Waals surface area contributed by atoms with Crippen molar-refractivity contribution >= 4 is 39.3 Å². The lowest BCUT2D eigenvalue weighted by molar-refractivity contribution is -0.139. The number of rotatable bonds is 13. The second kappa shape index (κ2) is 15.5. The summed E-state index contributed by atoms with van der Waals surface area (Å²) in [5.74, 6) is -0.115. The van der Waals surface area contributed by atoms with Crippen molar-refractivity contribution in [3.05, 3.63) is 83.9 Å². The Kier molecular flexibility index (Phi) is 11.7. The van der Waals surface area contributed by atoms with E-state index in [9.17, 15) is 18.0 Å². The Morgan fingerprint density at radius 1 is 1.00 bits per heavy atom. The Balaban J connectivity index is 1.68. The molecule has 0 radical (unpaired) electrons. The van der Waals surface area contributed by atoms with Gasteiger partial charge in [0.15, 0.2) is 0 Å². The van der Waals surface area contributed by atoms with Gasteiger partial charge in [-0.3, -0.25) is 13.9 Å². The zero-order chi connectivity index (χ0) is 31.7. The van der Waals surface area contributed by atoms with Crippen LogP contribution >= 0.6 is 11.8 Å². The molecule has 1 atom stereocenters. The van der Waals surface area contributed by atoms with Gasteiger partial charge in [0.25, 0.3) is 10.0 Å². The number of carbonyl (C=O) groups excluding carboxylic acids is 2. The van der Waals surface area contributed by atoms with Crippen LogP contribution in [0.2, 0.25) is 0 Å². The number of nitrogens with one attached hydrogen (secondary N) is 1. The van der Waals surface area contributed by atoms with Crippen LogP contribution in [0, 0.1) is 6.92 Å². The summed E-state index contributed by atoms with van der Waals surface area (Å²) in [5, 5.41) is 3.14. The number of aryl methyl sites for hydroxylation is 1. The summed E-state index contributed by atoms with van der Waals surface area (Å²) in [6, 6.07) is 20.3. The second-order valence-electron chi connectivity index (χ2n) is 11.1.